The highest BCUT2D eigenvalue weighted by Gasteiger charge is 2.17. The first-order valence-corrected chi connectivity index (χ1v) is 21.1. The molecule has 0 amide bonds. The van der Waals surface area contributed by atoms with Crippen molar-refractivity contribution in [3.8, 4) is 44.8 Å². The van der Waals surface area contributed by atoms with E-state index in [4.69, 9.17) is 19.4 Å². The molecule has 7 aromatic carbocycles. The average Bonchev–Trinajstić information content (AvgIpc) is 3.90. The second-order valence-corrected chi connectivity index (χ2v) is 16.3. The third kappa shape index (κ3) is 6.20. The SMILES string of the molecule is c1ccc(-c2cc(-c3ccc(N(c4ccc(-c5ccc6c(c5)sc5ccccc56)cc4)c4ccc(-c5ccc6c(n5)oc5ccccc56)cc4)cc3)nc3cccnc23)cc1. The second-order valence-electron chi connectivity index (χ2n) is 15.2. The van der Waals surface area contributed by atoms with Crippen molar-refractivity contribution in [3.63, 3.8) is 0 Å². The lowest BCUT2D eigenvalue weighted by Gasteiger charge is -2.26. The number of pyridine rings is 3. The van der Waals surface area contributed by atoms with Crippen LogP contribution in [0, 0.1) is 0 Å². The van der Waals surface area contributed by atoms with Gasteiger partial charge in [-0.25, -0.2) is 9.97 Å². The molecule has 5 aromatic heterocycles. The summed E-state index contributed by atoms with van der Waals surface area (Å²) in [5.41, 5.74) is 14.7. The average molecular weight is 799 g/mol. The summed E-state index contributed by atoms with van der Waals surface area (Å²) >= 11 is 1.85. The molecule has 5 heterocycles. The molecule has 286 valence electrons. The molecular formula is C55H34N4OS. The molecule has 0 aliphatic carbocycles. The van der Waals surface area contributed by atoms with E-state index in [2.05, 4.69) is 169 Å². The molecule has 6 heteroatoms. The Morgan fingerprint density at radius 3 is 1.80 bits per heavy atom. The maximum Gasteiger partial charge on any atom is 0.227 e. The molecule has 0 bridgehead atoms. The quantitative estimate of drug-likeness (QED) is 0.161. The number of benzene rings is 7. The zero-order valence-electron chi connectivity index (χ0n) is 32.7. The van der Waals surface area contributed by atoms with E-state index in [0.717, 1.165) is 78.1 Å². The molecule has 0 aliphatic rings. The number of furan rings is 1. The van der Waals surface area contributed by atoms with Crippen LogP contribution >= 0.6 is 11.3 Å². The van der Waals surface area contributed by atoms with Crippen molar-refractivity contribution < 1.29 is 4.42 Å². The van der Waals surface area contributed by atoms with Crippen LogP contribution in [0.2, 0.25) is 0 Å². The van der Waals surface area contributed by atoms with Crippen LogP contribution in [0.5, 0.6) is 0 Å². The van der Waals surface area contributed by atoms with Gasteiger partial charge in [0.1, 0.15) is 5.58 Å². The maximum atomic E-state index is 6.13. The number of rotatable bonds is 7. The molecule has 0 N–H and O–H groups in total. The summed E-state index contributed by atoms with van der Waals surface area (Å²) in [4.78, 5) is 17.0. The van der Waals surface area contributed by atoms with E-state index in [1.54, 1.807) is 0 Å². The molecule has 0 unspecified atom stereocenters. The fourth-order valence-electron chi connectivity index (χ4n) is 8.53. The molecule has 0 saturated heterocycles. The summed E-state index contributed by atoms with van der Waals surface area (Å²) in [5.74, 6) is 0. The Labute approximate surface area is 355 Å². The Balaban J connectivity index is 0.923. The zero-order chi connectivity index (χ0) is 40.3. The minimum absolute atomic E-state index is 0.643. The molecule has 12 rings (SSSR count). The summed E-state index contributed by atoms with van der Waals surface area (Å²) in [5, 5.41) is 4.71. The van der Waals surface area contributed by atoms with E-state index in [1.807, 2.05) is 53.9 Å². The molecule has 61 heavy (non-hydrogen) atoms. The van der Waals surface area contributed by atoms with Crippen molar-refractivity contribution in [2.75, 3.05) is 4.90 Å². The number of thiophene rings is 1. The highest BCUT2D eigenvalue weighted by Crippen LogP contribution is 2.40. The van der Waals surface area contributed by atoms with Gasteiger partial charge in [-0.1, -0.05) is 115 Å². The maximum absolute atomic E-state index is 6.13. The van der Waals surface area contributed by atoms with Crippen LogP contribution in [0.4, 0.5) is 17.1 Å². The molecule has 5 nitrogen and oxygen atoms in total. The Morgan fingerprint density at radius 1 is 0.410 bits per heavy atom. The van der Waals surface area contributed by atoms with Gasteiger partial charge in [0.15, 0.2) is 0 Å². The van der Waals surface area contributed by atoms with Gasteiger partial charge in [0, 0.05) is 70.9 Å². The van der Waals surface area contributed by atoms with Crippen LogP contribution < -0.4 is 4.90 Å². The molecule has 0 spiro atoms. The number of anilines is 3. The van der Waals surface area contributed by atoms with Gasteiger partial charge in [-0.2, -0.15) is 0 Å². The number of hydrogen-bond acceptors (Lipinski definition) is 6. The molecule has 0 saturated carbocycles. The van der Waals surface area contributed by atoms with Crippen LogP contribution in [-0.2, 0) is 0 Å². The van der Waals surface area contributed by atoms with Crippen LogP contribution in [-0.4, -0.2) is 15.0 Å². The second kappa shape index (κ2) is 14.4. The van der Waals surface area contributed by atoms with Crippen LogP contribution in [0.15, 0.2) is 211 Å². The Morgan fingerprint density at radius 2 is 1.03 bits per heavy atom. The van der Waals surface area contributed by atoms with Gasteiger partial charge in [0.05, 0.1) is 22.4 Å². The predicted octanol–water partition coefficient (Wildman–Crippen LogP) is 15.4. The summed E-state index contributed by atoms with van der Waals surface area (Å²) in [6, 6.07) is 70.5. The first kappa shape index (κ1) is 35.1. The Hall–Kier alpha value is -7.93. The van der Waals surface area contributed by atoms with Gasteiger partial charge in [-0.05, 0) is 102 Å². The highest BCUT2D eigenvalue weighted by molar-refractivity contribution is 7.25. The highest BCUT2D eigenvalue weighted by atomic mass is 32.1. The van der Waals surface area contributed by atoms with E-state index in [-0.39, 0.29) is 0 Å². The van der Waals surface area contributed by atoms with E-state index < -0.39 is 0 Å². The van der Waals surface area contributed by atoms with Gasteiger partial charge < -0.3 is 9.32 Å². The molecule has 12 aromatic rings. The predicted molar refractivity (Wildman–Crippen MR) is 254 cm³/mol. The topological polar surface area (TPSA) is 55.1 Å². The van der Waals surface area contributed by atoms with Crippen LogP contribution in [0.25, 0.3) is 98.0 Å². The summed E-state index contributed by atoms with van der Waals surface area (Å²) in [6.45, 7) is 0. The van der Waals surface area contributed by atoms with Crippen molar-refractivity contribution in [3.05, 3.63) is 206 Å². The fraction of sp³-hybridized carbons (Fsp3) is 0. The monoisotopic (exact) mass is 798 g/mol. The van der Waals surface area contributed by atoms with E-state index in [0.29, 0.717) is 5.71 Å². The zero-order valence-corrected chi connectivity index (χ0v) is 33.6. The number of para-hydroxylation sites is 1. The van der Waals surface area contributed by atoms with E-state index in [1.165, 1.54) is 31.3 Å². The van der Waals surface area contributed by atoms with Crippen molar-refractivity contribution in [1.82, 2.24) is 15.0 Å². The lowest BCUT2D eigenvalue weighted by molar-refractivity contribution is 0.654. The van der Waals surface area contributed by atoms with Crippen molar-refractivity contribution in [2.45, 2.75) is 0 Å². The normalized spacial score (nSPS) is 11.6. The van der Waals surface area contributed by atoms with Gasteiger partial charge in [0.25, 0.3) is 0 Å². The number of hydrogen-bond donors (Lipinski definition) is 0. The molecule has 0 atom stereocenters. The van der Waals surface area contributed by atoms with E-state index >= 15 is 0 Å². The third-order valence-electron chi connectivity index (χ3n) is 11.6. The molecule has 0 fully saturated rings. The first-order chi connectivity index (χ1) is 30.2. The largest absolute Gasteiger partial charge is 0.438 e. The molecule has 0 aliphatic heterocycles. The Kier molecular flexibility index (Phi) is 8.28. The molecular weight excluding hydrogens is 765 g/mol. The molecule has 0 radical (unpaired) electrons. The van der Waals surface area contributed by atoms with Gasteiger partial charge in [0.2, 0.25) is 5.71 Å². The number of fused-ring (bicyclic) bond motifs is 7. The summed E-state index contributed by atoms with van der Waals surface area (Å²) in [6.07, 6.45) is 1.83. The van der Waals surface area contributed by atoms with E-state index in [9.17, 15) is 0 Å². The first-order valence-electron chi connectivity index (χ1n) is 20.3. The standard InChI is InChI=1S/C55H34N4OS/c1-2-9-36(10-3-1)47-34-50(57-49-13-8-32-56-54(47)49)38-20-27-42(28-21-38)59(40-23-16-35(17-24-40)39-22-29-45-44-12-5-7-15-52(44)61-53(45)33-39)41-25-18-37(19-26-41)48-31-30-46-43-11-4-6-14-51(43)60-55(46)58-48/h1-34H. The summed E-state index contributed by atoms with van der Waals surface area (Å²) in [7, 11) is 0. The minimum Gasteiger partial charge on any atom is -0.438 e. The number of nitrogens with zero attached hydrogens (tertiary/aromatic N) is 4. The lowest BCUT2D eigenvalue weighted by Crippen LogP contribution is -2.09. The smallest absolute Gasteiger partial charge is 0.227 e. The fourth-order valence-corrected chi connectivity index (χ4v) is 9.68. The lowest BCUT2D eigenvalue weighted by atomic mass is 10.0. The van der Waals surface area contributed by atoms with Gasteiger partial charge >= 0.3 is 0 Å². The third-order valence-corrected chi connectivity index (χ3v) is 12.7. The Bertz CT molecular complexity index is 3420. The van der Waals surface area contributed by atoms with Crippen LogP contribution in [0.3, 0.4) is 0 Å². The summed E-state index contributed by atoms with van der Waals surface area (Å²) < 4.78 is 8.75. The van der Waals surface area contributed by atoms with Crippen LogP contribution in [0.1, 0.15) is 0 Å². The van der Waals surface area contributed by atoms with Crippen molar-refractivity contribution in [2.24, 2.45) is 0 Å². The van der Waals surface area contributed by atoms with Gasteiger partial charge in [-0.3, -0.25) is 4.98 Å². The van der Waals surface area contributed by atoms with Gasteiger partial charge in [-0.15, -0.1) is 11.3 Å². The minimum atomic E-state index is 0.643. The van der Waals surface area contributed by atoms with Crippen molar-refractivity contribution in [1.29, 1.82) is 0 Å². The van der Waals surface area contributed by atoms with Crippen molar-refractivity contribution >= 4 is 81.7 Å². The number of aromatic nitrogens is 3.